The smallest absolute Gasteiger partial charge is 0.156 e. The summed E-state index contributed by atoms with van der Waals surface area (Å²) < 4.78 is 0. The first-order chi connectivity index (χ1) is 8.66. The second kappa shape index (κ2) is 6.28. The first-order valence-electron chi connectivity index (χ1n) is 6.65. The predicted molar refractivity (Wildman–Crippen MR) is 81.4 cm³/mol. The Morgan fingerprint density at radius 2 is 2.00 bits per heavy atom. The van der Waals surface area contributed by atoms with Crippen molar-refractivity contribution >= 4 is 16.9 Å². The minimum atomic E-state index is 0.485. The fraction of sp³-hybridized carbons (Fsp3) is 0.533. The molecule has 0 radical (unpaired) electrons. The van der Waals surface area contributed by atoms with Crippen LogP contribution in [0, 0.1) is 5.92 Å². The van der Waals surface area contributed by atoms with E-state index in [1.165, 1.54) is 5.56 Å². The lowest BCUT2D eigenvalue weighted by atomic mass is 10.0. The van der Waals surface area contributed by atoms with Gasteiger partial charge in [0.2, 0.25) is 0 Å². The second-order valence-electron chi connectivity index (χ2n) is 5.26. The maximum Gasteiger partial charge on any atom is 0.156 e. The van der Waals surface area contributed by atoms with Crippen molar-refractivity contribution in [3.05, 3.63) is 35.9 Å². The highest BCUT2D eigenvalue weighted by molar-refractivity contribution is 8.14. The number of nitrogens with one attached hydrogen (secondary N) is 1. The van der Waals surface area contributed by atoms with E-state index in [4.69, 9.17) is 4.99 Å². The molecule has 0 spiro atoms. The molecule has 2 nitrogen and oxygen atoms in total. The molecule has 1 aromatic carbocycles. The molecule has 1 aliphatic heterocycles. The average Bonchev–Trinajstić information content (AvgIpc) is 2.86. The van der Waals surface area contributed by atoms with Gasteiger partial charge in [-0.2, -0.15) is 0 Å². The molecular weight excluding hydrogens is 240 g/mol. The molecule has 1 N–H and O–H groups in total. The molecule has 1 heterocycles. The van der Waals surface area contributed by atoms with Crippen LogP contribution in [0.15, 0.2) is 35.3 Å². The summed E-state index contributed by atoms with van der Waals surface area (Å²) in [5.41, 5.74) is 1.37. The lowest BCUT2D eigenvalue weighted by Crippen LogP contribution is -2.31. The molecule has 98 valence electrons. The van der Waals surface area contributed by atoms with E-state index < -0.39 is 0 Å². The molecule has 1 aliphatic rings. The average molecular weight is 262 g/mol. The van der Waals surface area contributed by atoms with Gasteiger partial charge in [0, 0.05) is 24.3 Å². The van der Waals surface area contributed by atoms with E-state index in [0.29, 0.717) is 17.9 Å². The van der Waals surface area contributed by atoms with Gasteiger partial charge in [-0.25, -0.2) is 0 Å². The van der Waals surface area contributed by atoms with Crippen LogP contribution < -0.4 is 5.32 Å². The van der Waals surface area contributed by atoms with Gasteiger partial charge in [-0.3, -0.25) is 4.99 Å². The molecule has 18 heavy (non-hydrogen) atoms. The third-order valence-electron chi connectivity index (χ3n) is 3.39. The van der Waals surface area contributed by atoms with Crippen LogP contribution in [-0.4, -0.2) is 23.5 Å². The highest BCUT2D eigenvalue weighted by Crippen LogP contribution is 2.20. The predicted octanol–water partition coefficient (Wildman–Crippen LogP) is 3.51. The Morgan fingerprint density at radius 1 is 1.28 bits per heavy atom. The maximum atomic E-state index is 4.70. The standard InChI is InChI=1S/C15H22N2S/c1-11(2)14-10-18-15(17-14)16-9-12(3)13-7-5-4-6-8-13/h4-8,11-12,14H,9-10H2,1-3H3,(H,16,17)/t12?,14-/m1/s1. The number of benzene rings is 1. The molecule has 2 rings (SSSR count). The van der Waals surface area contributed by atoms with E-state index in [2.05, 4.69) is 56.4 Å². The molecule has 2 atom stereocenters. The Labute approximate surface area is 114 Å². The van der Waals surface area contributed by atoms with Gasteiger partial charge in [0.15, 0.2) is 5.17 Å². The Kier molecular flexibility index (Phi) is 4.70. The van der Waals surface area contributed by atoms with Crippen LogP contribution in [0.3, 0.4) is 0 Å². The van der Waals surface area contributed by atoms with Gasteiger partial charge in [0.1, 0.15) is 0 Å². The zero-order valence-electron chi connectivity index (χ0n) is 11.4. The van der Waals surface area contributed by atoms with Crippen molar-refractivity contribution < 1.29 is 0 Å². The number of aliphatic imine (C=N–C) groups is 1. The van der Waals surface area contributed by atoms with Gasteiger partial charge in [0.25, 0.3) is 0 Å². The van der Waals surface area contributed by atoms with Crippen molar-refractivity contribution in [2.24, 2.45) is 10.9 Å². The van der Waals surface area contributed by atoms with Crippen LogP contribution in [0.25, 0.3) is 0 Å². The van der Waals surface area contributed by atoms with Crippen molar-refractivity contribution in [3.63, 3.8) is 0 Å². The maximum absolute atomic E-state index is 4.70. The fourth-order valence-electron chi connectivity index (χ4n) is 1.97. The SMILES string of the molecule is CC(CN=C1N[C@@H](C(C)C)CS1)c1ccccc1. The Balaban J connectivity index is 1.88. The van der Waals surface area contributed by atoms with Crippen molar-refractivity contribution in [1.82, 2.24) is 5.32 Å². The van der Waals surface area contributed by atoms with Crippen LogP contribution in [0.4, 0.5) is 0 Å². The second-order valence-corrected chi connectivity index (χ2v) is 6.27. The zero-order valence-corrected chi connectivity index (χ0v) is 12.2. The van der Waals surface area contributed by atoms with Gasteiger partial charge in [0.05, 0.1) is 0 Å². The molecule has 0 amide bonds. The Hall–Kier alpha value is -0.960. The van der Waals surface area contributed by atoms with Crippen molar-refractivity contribution in [1.29, 1.82) is 0 Å². The number of rotatable bonds is 4. The lowest BCUT2D eigenvalue weighted by Gasteiger charge is -2.13. The highest BCUT2D eigenvalue weighted by atomic mass is 32.2. The molecule has 0 aliphatic carbocycles. The topological polar surface area (TPSA) is 24.4 Å². The summed E-state index contributed by atoms with van der Waals surface area (Å²) in [7, 11) is 0. The quantitative estimate of drug-likeness (QED) is 0.898. The largest absolute Gasteiger partial charge is 0.361 e. The van der Waals surface area contributed by atoms with Crippen molar-refractivity contribution in [2.45, 2.75) is 32.7 Å². The Morgan fingerprint density at radius 3 is 2.61 bits per heavy atom. The Bertz CT molecular complexity index is 400. The third kappa shape index (κ3) is 3.52. The van der Waals surface area contributed by atoms with Gasteiger partial charge < -0.3 is 5.32 Å². The number of hydrogen-bond acceptors (Lipinski definition) is 2. The summed E-state index contributed by atoms with van der Waals surface area (Å²) in [6.45, 7) is 7.62. The van der Waals surface area contributed by atoms with E-state index in [1.54, 1.807) is 0 Å². The van der Waals surface area contributed by atoms with Gasteiger partial charge in [-0.1, -0.05) is 62.9 Å². The first-order valence-corrected chi connectivity index (χ1v) is 7.64. The molecule has 1 fully saturated rings. The fourth-order valence-corrected chi connectivity index (χ4v) is 3.17. The molecule has 0 saturated carbocycles. The van der Waals surface area contributed by atoms with E-state index in [0.717, 1.165) is 17.5 Å². The van der Waals surface area contributed by atoms with E-state index in [9.17, 15) is 0 Å². The van der Waals surface area contributed by atoms with E-state index in [-0.39, 0.29) is 0 Å². The first kappa shape index (κ1) is 13.5. The molecule has 3 heteroatoms. The summed E-state index contributed by atoms with van der Waals surface area (Å²) in [6.07, 6.45) is 0. The van der Waals surface area contributed by atoms with Crippen molar-refractivity contribution in [2.75, 3.05) is 12.3 Å². The zero-order chi connectivity index (χ0) is 13.0. The van der Waals surface area contributed by atoms with Gasteiger partial charge in [-0.15, -0.1) is 0 Å². The van der Waals surface area contributed by atoms with Crippen LogP contribution in [0.1, 0.15) is 32.3 Å². The van der Waals surface area contributed by atoms with E-state index >= 15 is 0 Å². The molecule has 1 aromatic rings. The van der Waals surface area contributed by atoms with Gasteiger partial charge in [-0.05, 0) is 11.5 Å². The lowest BCUT2D eigenvalue weighted by molar-refractivity contribution is 0.503. The van der Waals surface area contributed by atoms with Crippen LogP contribution in [0.2, 0.25) is 0 Å². The normalized spacial score (nSPS) is 23.3. The highest BCUT2D eigenvalue weighted by Gasteiger charge is 2.22. The number of nitrogens with zero attached hydrogens (tertiary/aromatic N) is 1. The summed E-state index contributed by atoms with van der Waals surface area (Å²) in [6, 6.07) is 11.2. The van der Waals surface area contributed by atoms with Gasteiger partial charge >= 0.3 is 0 Å². The summed E-state index contributed by atoms with van der Waals surface area (Å²) >= 11 is 1.85. The number of hydrogen-bond donors (Lipinski definition) is 1. The number of thioether (sulfide) groups is 1. The minimum absolute atomic E-state index is 0.485. The molecular formula is C15H22N2S. The van der Waals surface area contributed by atoms with E-state index in [1.807, 2.05) is 11.8 Å². The summed E-state index contributed by atoms with van der Waals surface area (Å²) in [5.74, 6) is 2.31. The minimum Gasteiger partial charge on any atom is -0.361 e. The molecule has 1 saturated heterocycles. The summed E-state index contributed by atoms with van der Waals surface area (Å²) in [4.78, 5) is 4.70. The van der Waals surface area contributed by atoms with Crippen LogP contribution in [-0.2, 0) is 0 Å². The third-order valence-corrected chi connectivity index (χ3v) is 4.44. The molecule has 0 bridgehead atoms. The number of amidine groups is 1. The molecule has 0 aromatic heterocycles. The van der Waals surface area contributed by atoms with Crippen molar-refractivity contribution in [3.8, 4) is 0 Å². The molecule has 1 unspecified atom stereocenters. The monoisotopic (exact) mass is 262 g/mol. The van der Waals surface area contributed by atoms with Crippen LogP contribution >= 0.6 is 11.8 Å². The summed E-state index contributed by atoms with van der Waals surface area (Å²) in [5, 5.41) is 4.63. The van der Waals surface area contributed by atoms with Crippen LogP contribution in [0.5, 0.6) is 0 Å².